The zero-order chi connectivity index (χ0) is 24.6. The van der Waals surface area contributed by atoms with Gasteiger partial charge in [0.25, 0.3) is 0 Å². The van der Waals surface area contributed by atoms with Crippen molar-refractivity contribution in [3.05, 3.63) is 0 Å². The van der Waals surface area contributed by atoms with Crippen molar-refractivity contribution in [3.63, 3.8) is 0 Å². The fourth-order valence-corrected chi connectivity index (χ4v) is 4.94. The van der Waals surface area contributed by atoms with Gasteiger partial charge in [-0.05, 0) is 39.5 Å². The van der Waals surface area contributed by atoms with Crippen LogP contribution in [0.2, 0.25) is 0 Å². The van der Waals surface area contributed by atoms with E-state index in [2.05, 4.69) is 33.0 Å². The minimum Gasteiger partial charge on any atom is -0.352 e. The van der Waals surface area contributed by atoms with E-state index in [1.165, 1.54) is 83.5 Å². The van der Waals surface area contributed by atoms with Crippen molar-refractivity contribution in [2.24, 2.45) is 11.7 Å². The minimum atomic E-state index is -0.498. The highest BCUT2D eigenvalue weighted by atomic mass is 16.7. The van der Waals surface area contributed by atoms with Crippen LogP contribution < -0.4 is 11.1 Å². The highest BCUT2D eigenvalue weighted by molar-refractivity contribution is 5.71. The molecule has 0 heterocycles. The number of hydrogen-bond acceptors (Lipinski definition) is 3. The Balaban J connectivity index is 4.93. The van der Waals surface area contributed by atoms with Gasteiger partial charge in [-0.1, -0.05) is 97.3 Å². The van der Waals surface area contributed by atoms with Gasteiger partial charge in [-0.15, -0.1) is 0 Å². The lowest BCUT2D eigenvalue weighted by molar-refractivity contribution is -0.270. The Hall–Kier alpha value is -0.810. The van der Waals surface area contributed by atoms with Gasteiger partial charge in [-0.3, -0.25) is 0 Å². The van der Waals surface area contributed by atoms with Gasteiger partial charge in [0.05, 0.1) is 0 Å². The maximum Gasteiger partial charge on any atom is 0.312 e. The van der Waals surface area contributed by atoms with Crippen molar-refractivity contribution < 1.29 is 14.3 Å². The summed E-state index contributed by atoms with van der Waals surface area (Å²) in [5.74, 6) is -0.148. The number of urea groups is 1. The number of rotatable bonds is 25. The lowest BCUT2D eigenvalue weighted by Gasteiger charge is -2.41. The molecular weight excluding hydrogens is 412 g/mol. The van der Waals surface area contributed by atoms with Gasteiger partial charge in [0, 0.05) is 32.1 Å². The highest BCUT2D eigenvalue weighted by Crippen LogP contribution is 2.37. The number of nitrogens with one attached hydrogen (secondary N) is 1. The third-order valence-corrected chi connectivity index (χ3v) is 6.71. The monoisotopic (exact) mass is 470 g/mol. The van der Waals surface area contributed by atoms with E-state index in [0.29, 0.717) is 25.7 Å². The molecule has 0 rings (SSSR count). The van der Waals surface area contributed by atoms with Gasteiger partial charge in [0.2, 0.25) is 0 Å². The molecule has 0 aromatic carbocycles. The molecule has 33 heavy (non-hydrogen) atoms. The molecule has 0 aromatic rings. The van der Waals surface area contributed by atoms with E-state index >= 15 is 0 Å². The predicted octanol–water partition coefficient (Wildman–Crippen LogP) is 8.10. The van der Waals surface area contributed by atoms with Gasteiger partial charge < -0.3 is 20.5 Å². The average molecular weight is 471 g/mol. The van der Waals surface area contributed by atoms with Crippen LogP contribution in [-0.2, 0) is 9.47 Å². The maximum absolute atomic E-state index is 11.1. The smallest absolute Gasteiger partial charge is 0.312 e. The number of primary amides is 1. The van der Waals surface area contributed by atoms with E-state index < -0.39 is 11.8 Å². The summed E-state index contributed by atoms with van der Waals surface area (Å²) in [5, 5.41) is 2.74. The molecule has 0 spiro atoms. The zero-order valence-corrected chi connectivity index (χ0v) is 22.7. The largest absolute Gasteiger partial charge is 0.352 e. The third-order valence-electron chi connectivity index (χ3n) is 6.71. The molecular formula is C28H58N2O3. The fraction of sp³-hybridized carbons (Fsp3) is 0.964. The van der Waals surface area contributed by atoms with Crippen LogP contribution in [0.1, 0.15) is 143 Å². The average Bonchev–Trinajstić information content (AvgIpc) is 2.79. The lowest BCUT2D eigenvalue weighted by Crippen LogP contribution is -2.44. The van der Waals surface area contributed by atoms with Crippen LogP contribution in [0.15, 0.2) is 0 Å². The van der Waals surface area contributed by atoms with E-state index in [4.69, 9.17) is 15.2 Å². The quantitative estimate of drug-likeness (QED) is 0.104. The van der Waals surface area contributed by atoms with Crippen LogP contribution in [0.3, 0.4) is 0 Å². The van der Waals surface area contributed by atoms with Gasteiger partial charge in [-0.2, -0.15) is 0 Å². The second kappa shape index (κ2) is 23.0. The van der Waals surface area contributed by atoms with Crippen LogP contribution >= 0.6 is 0 Å². The molecule has 0 fully saturated rings. The molecule has 0 aliphatic heterocycles. The van der Waals surface area contributed by atoms with Crippen molar-refractivity contribution in [1.29, 1.82) is 0 Å². The van der Waals surface area contributed by atoms with Crippen LogP contribution in [0.25, 0.3) is 0 Å². The Morgan fingerprint density at radius 2 is 1.15 bits per heavy atom. The van der Waals surface area contributed by atoms with Crippen molar-refractivity contribution in [1.82, 2.24) is 5.32 Å². The van der Waals surface area contributed by atoms with Crippen LogP contribution in [-0.4, -0.2) is 31.6 Å². The molecule has 1 atom stereocenters. The number of amides is 2. The van der Waals surface area contributed by atoms with Crippen molar-refractivity contribution in [2.75, 3.05) is 19.8 Å². The summed E-state index contributed by atoms with van der Waals surface area (Å²) in [4.78, 5) is 11.1. The molecule has 0 saturated heterocycles. The predicted molar refractivity (Wildman–Crippen MR) is 142 cm³/mol. The SMILES string of the molecule is CCCCCCCCCCC(OCC)(OCC)C(CCCCCCCC)CCCNC(N)=O. The summed E-state index contributed by atoms with van der Waals surface area (Å²) >= 11 is 0. The van der Waals surface area contributed by atoms with Gasteiger partial charge in [0.1, 0.15) is 0 Å². The number of carbonyl (C=O) groups excluding carboxylic acids is 1. The summed E-state index contributed by atoms with van der Waals surface area (Å²) in [6.45, 7) is 10.7. The zero-order valence-electron chi connectivity index (χ0n) is 22.7. The molecule has 0 radical (unpaired) electrons. The number of carbonyl (C=O) groups is 1. The molecule has 2 amide bonds. The molecule has 0 saturated carbocycles. The summed E-state index contributed by atoms with van der Waals surface area (Å²) < 4.78 is 12.9. The molecule has 1 unspecified atom stereocenters. The summed E-state index contributed by atoms with van der Waals surface area (Å²) in [6, 6.07) is -0.442. The van der Waals surface area contributed by atoms with E-state index in [9.17, 15) is 4.79 Å². The number of hydrogen-bond donors (Lipinski definition) is 2. The summed E-state index contributed by atoms with van der Waals surface area (Å²) in [6.07, 6.45) is 22.2. The molecule has 0 aromatic heterocycles. The van der Waals surface area contributed by atoms with E-state index in [0.717, 1.165) is 32.1 Å². The maximum atomic E-state index is 11.1. The minimum absolute atomic E-state index is 0.350. The van der Waals surface area contributed by atoms with Crippen LogP contribution in [0.5, 0.6) is 0 Å². The number of unbranched alkanes of at least 4 members (excludes halogenated alkanes) is 12. The second-order valence-electron chi connectivity index (χ2n) is 9.59. The molecule has 5 nitrogen and oxygen atoms in total. The Morgan fingerprint density at radius 1 is 0.697 bits per heavy atom. The molecule has 198 valence electrons. The van der Waals surface area contributed by atoms with Crippen molar-refractivity contribution in [2.45, 2.75) is 149 Å². The first-order chi connectivity index (χ1) is 16.1. The third kappa shape index (κ3) is 17.3. The van der Waals surface area contributed by atoms with Crippen molar-refractivity contribution >= 4 is 6.03 Å². The Morgan fingerprint density at radius 3 is 1.64 bits per heavy atom. The molecule has 0 bridgehead atoms. The summed E-state index contributed by atoms with van der Waals surface area (Å²) in [7, 11) is 0. The summed E-state index contributed by atoms with van der Waals surface area (Å²) in [5.41, 5.74) is 5.26. The lowest BCUT2D eigenvalue weighted by atomic mass is 9.84. The Kier molecular flexibility index (Phi) is 22.4. The molecule has 0 aliphatic carbocycles. The molecule has 3 N–H and O–H groups in total. The van der Waals surface area contributed by atoms with E-state index in [1.54, 1.807) is 0 Å². The van der Waals surface area contributed by atoms with Gasteiger partial charge >= 0.3 is 6.03 Å². The highest BCUT2D eigenvalue weighted by Gasteiger charge is 2.39. The molecule has 0 aliphatic rings. The number of nitrogens with two attached hydrogens (primary N) is 1. The van der Waals surface area contributed by atoms with E-state index in [1.807, 2.05) is 0 Å². The normalized spacial score (nSPS) is 12.7. The van der Waals surface area contributed by atoms with Gasteiger partial charge in [0.15, 0.2) is 5.79 Å². The topological polar surface area (TPSA) is 73.6 Å². The molecule has 5 heteroatoms. The number of ether oxygens (including phenoxy) is 2. The Labute approximate surface area is 206 Å². The van der Waals surface area contributed by atoms with Crippen LogP contribution in [0.4, 0.5) is 4.79 Å². The Bertz CT molecular complexity index is 425. The standard InChI is InChI=1S/C28H58N2O3/c1-5-9-11-13-15-16-18-20-24-28(32-7-3,33-8-4)26(23-21-25-30-27(29)31)22-19-17-14-12-10-6-2/h26H,5-25H2,1-4H3,(H3,29,30,31). The fourth-order valence-electron chi connectivity index (χ4n) is 4.94. The van der Waals surface area contributed by atoms with E-state index in [-0.39, 0.29) is 0 Å². The van der Waals surface area contributed by atoms with Crippen LogP contribution in [0, 0.1) is 5.92 Å². The first kappa shape index (κ1) is 32.2. The van der Waals surface area contributed by atoms with Crippen molar-refractivity contribution in [3.8, 4) is 0 Å². The van der Waals surface area contributed by atoms with Gasteiger partial charge in [-0.25, -0.2) is 4.79 Å². The first-order valence-corrected chi connectivity index (χ1v) is 14.4. The first-order valence-electron chi connectivity index (χ1n) is 14.4. The second-order valence-corrected chi connectivity index (χ2v) is 9.59.